The summed E-state index contributed by atoms with van der Waals surface area (Å²) in [5, 5.41) is 12.1. The fourth-order valence-electron chi connectivity index (χ4n) is 3.08. The molecule has 2 N–H and O–H groups in total. The van der Waals surface area contributed by atoms with Crippen molar-refractivity contribution in [3.63, 3.8) is 0 Å². The van der Waals surface area contributed by atoms with E-state index < -0.39 is 5.97 Å². The van der Waals surface area contributed by atoms with E-state index in [1.165, 1.54) is 26.4 Å². The van der Waals surface area contributed by atoms with E-state index in [1.807, 2.05) is 24.3 Å². The van der Waals surface area contributed by atoms with Gasteiger partial charge in [0.15, 0.2) is 0 Å². The second kappa shape index (κ2) is 6.84. The molecule has 1 aliphatic heterocycles. The van der Waals surface area contributed by atoms with E-state index in [9.17, 15) is 14.7 Å². The molecule has 0 bridgehead atoms. The van der Waals surface area contributed by atoms with Crippen LogP contribution >= 0.6 is 0 Å². The Balaban J connectivity index is 2.00. The molecule has 1 saturated heterocycles. The molecule has 6 heteroatoms. The molecular formula is C19H19NO5. The van der Waals surface area contributed by atoms with E-state index in [-0.39, 0.29) is 17.4 Å². The smallest absolute Gasteiger partial charge is 0.335 e. The van der Waals surface area contributed by atoms with Gasteiger partial charge >= 0.3 is 5.97 Å². The quantitative estimate of drug-likeness (QED) is 0.873. The number of hydrogen-bond donors (Lipinski definition) is 2. The van der Waals surface area contributed by atoms with E-state index in [0.717, 1.165) is 11.1 Å². The van der Waals surface area contributed by atoms with Gasteiger partial charge in [-0.25, -0.2) is 4.79 Å². The highest BCUT2D eigenvalue weighted by molar-refractivity contribution is 5.91. The maximum Gasteiger partial charge on any atom is 0.335 e. The highest BCUT2D eigenvalue weighted by Gasteiger charge is 2.23. The topological polar surface area (TPSA) is 84.9 Å². The number of hydrogen-bond acceptors (Lipinski definition) is 4. The van der Waals surface area contributed by atoms with Crippen LogP contribution in [0.2, 0.25) is 0 Å². The zero-order valence-electron chi connectivity index (χ0n) is 14.0. The Morgan fingerprint density at radius 2 is 1.72 bits per heavy atom. The number of nitrogens with one attached hydrogen (secondary N) is 1. The summed E-state index contributed by atoms with van der Waals surface area (Å²) < 4.78 is 10.8. The first-order valence-corrected chi connectivity index (χ1v) is 7.89. The minimum absolute atomic E-state index is 0.0710. The predicted octanol–water partition coefficient (Wildman–Crippen LogP) is 2.67. The number of carbonyl (C=O) groups excluding carboxylic acids is 1. The third-order valence-electron chi connectivity index (χ3n) is 4.40. The third kappa shape index (κ3) is 3.28. The lowest BCUT2D eigenvalue weighted by Crippen LogP contribution is -2.13. The average molecular weight is 341 g/mol. The number of amides is 1. The standard InChI is InChI=1S/C19H19NO5/c1-24-15-7-13(19(22)23)8-16(25-2)18(15)12-5-3-11(4-6-12)14-9-17(21)20-10-14/h3-8,14H,9-10H2,1-2H3,(H,20,21)(H,22,23). The van der Waals surface area contributed by atoms with Crippen LogP contribution in [-0.2, 0) is 4.79 Å². The maximum absolute atomic E-state index is 11.4. The van der Waals surface area contributed by atoms with Crippen molar-refractivity contribution in [2.45, 2.75) is 12.3 Å². The van der Waals surface area contributed by atoms with Crippen molar-refractivity contribution in [3.8, 4) is 22.6 Å². The normalized spacial score (nSPS) is 16.4. The number of methoxy groups -OCH3 is 2. The Labute approximate surface area is 145 Å². The zero-order chi connectivity index (χ0) is 18.0. The van der Waals surface area contributed by atoms with Gasteiger partial charge in [0.25, 0.3) is 0 Å². The molecule has 0 radical (unpaired) electrons. The lowest BCUT2D eigenvalue weighted by Gasteiger charge is -2.15. The minimum atomic E-state index is -1.04. The summed E-state index contributed by atoms with van der Waals surface area (Å²) in [5.41, 5.74) is 2.74. The van der Waals surface area contributed by atoms with E-state index in [4.69, 9.17) is 9.47 Å². The van der Waals surface area contributed by atoms with Gasteiger partial charge in [-0.05, 0) is 23.3 Å². The Kier molecular flexibility index (Phi) is 4.61. The van der Waals surface area contributed by atoms with Crippen LogP contribution in [0.5, 0.6) is 11.5 Å². The van der Waals surface area contributed by atoms with Crippen LogP contribution < -0.4 is 14.8 Å². The molecule has 1 heterocycles. The van der Waals surface area contributed by atoms with Gasteiger partial charge in [0.2, 0.25) is 5.91 Å². The number of benzene rings is 2. The molecule has 6 nitrogen and oxygen atoms in total. The van der Waals surface area contributed by atoms with Crippen molar-refractivity contribution in [1.82, 2.24) is 5.32 Å². The Hall–Kier alpha value is -3.02. The van der Waals surface area contributed by atoms with Gasteiger partial charge in [0.05, 0.1) is 25.3 Å². The molecule has 1 unspecified atom stereocenters. The van der Waals surface area contributed by atoms with Crippen molar-refractivity contribution in [2.24, 2.45) is 0 Å². The van der Waals surface area contributed by atoms with E-state index in [1.54, 1.807) is 0 Å². The fourth-order valence-corrected chi connectivity index (χ4v) is 3.08. The van der Waals surface area contributed by atoms with Crippen LogP contribution in [0.15, 0.2) is 36.4 Å². The maximum atomic E-state index is 11.4. The van der Waals surface area contributed by atoms with Gasteiger partial charge in [0.1, 0.15) is 11.5 Å². The van der Waals surface area contributed by atoms with Gasteiger partial charge in [-0.3, -0.25) is 4.79 Å². The first-order chi connectivity index (χ1) is 12.0. The second-order valence-corrected chi connectivity index (χ2v) is 5.89. The molecule has 3 rings (SSSR count). The lowest BCUT2D eigenvalue weighted by atomic mass is 9.94. The van der Waals surface area contributed by atoms with Crippen LogP contribution in [0.25, 0.3) is 11.1 Å². The molecule has 1 aliphatic rings. The Bertz CT molecular complexity index is 788. The summed E-state index contributed by atoms with van der Waals surface area (Å²) in [5.74, 6) is 0.0720. The van der Waals surface area contributed by atoms with Gasteiger partial charge in [-0.15, -0.1) is 0 Å². The molecule has 2 aromatic rings. The summed E-state index contributed by atoms with van der Waals surface area (Å²) in [6.45, 7) is 0.651. The van der Waals surface area contributed by atoms with Gasteiger partial charge in [-0.1, -0.05) is 24.3 Å². The summed E-state index contributed by atoms with van der Waals surface area (Å²) in [6.07, 6.45) is 0.499. The summed E-state index contributed by atoms with van der Waals surface area (Å²) >= 11 is 0. The van der Waals surface area contributed by atoms with Crippen LogP contribution in [0.3, 0.4) is 0 Å². The molecule has 2 aromatic carbocycles. The van der Waals surface area contributed by atoms with E-state index in [2.05, 4.69) is 5.32 Å². The van der Waals surface area contributed by atoms with Crippen molar-refractivity contribution >= 4 is 11.9 Å². The number of carboxylic acids is 1. The van der Waals surface area contributed by atoms with Crippen molar-refractivity contribution in [3.05, 3.63) is 47.5 Å². The molecule has 0 spiro atoms. The van der Waals surface area contributed by atoms with Crippen LogP contribution in [-0.4, -0.2) is 37.7 Å². The average Bonchev–Trinajstić information content (AvgIpc) is 3.07. The fraction of sp³-hybridized carbons (Fsp3) is 0.263. The molecule has 0 aromatic heterocycles. The molecular weight excluding hydrogens is 322 g/mol. The number of carboxylic acid groups (broad SMARTS) is 1. The van der Waals surface area contributed by atoms with Crippen LogP contribution in [0, 0.1) is 0 Å². The van der Waals surface area contributed by atoms with Crippen molar-refractivity contribution in [2.75, 3.05) is 20.8 Å². The van der Waals surface area contributed by atoms with Crippen molar-refractivity contribution < 1.29 is 24.2 Å². The number of carbonyl (C=O) groups is 2. The first-order valence-electron chi connectivity index (χ1n) is 7.89. The lowest BCUT2D eigenvalue weighted by molar-refractivity contribution is -0.119. The SMILES string of the molecule is COc1cc(C(=O)O)cc(OC)c1-c1ccc(C2CNC(=O)C2)cc1. The van der Waals surface area contributed by atoms with Crippen molar-refractivity contribution in [1.29, 1.82) is 0 Å². The van der Waals surface area contributed by atoms with Gasteiger partial charge in [-0.2, -0.15) is 0 Å². The molecule has 0 saturated carbocycles. The highest BCUT2D eigenvalue weighted by atomic mass is 16.5. The third-order valence-corrected chi connectivity index (χ3v) is 4.40. The molecule has 25 heavy (non-hydrogen) atoms. The highest BCUT2D eigenvalue weighted by Crippen LogP contribution is 2.40. The number of ether oxygens (including phenoxy) is 2. The Morgan fingerprint density at radius 1 is 1.12 bits per heavy atom. The summed E-state index contributed by atoms with van der Waals surface area (Å²) in [6, 6.07) is 10.8. The summed E-state index contributed by atoms with van der Waals surface area (Å²) in [7, 11) is 2.99. The molecule has 0 aliphatic carbocycles. The second-order valence-electron chi connectivity index (χ2n) is 5.89. The summed E-state index contributed by atoms with van der Waals surface area (Å²) in [4.78, 5) is 22.6. The number of rotatable bonds is 5. The number of aromatic carboxylic acids is 1. The molecule has 1 atom stereocenters. The molecule has 130 valence electrons. The minimum Gasteiger partial charge on any atom is -0.496 e. The van der Waals surface area contributed by atoms with Crippen LogP contribution in [0.4, 0.5) is 0 Å². The van der Waals surface area contributed by atoms with Gasteiger partial charge < -0.3 is 19.9 Å². The van der Waals surface area contributed by atoms with Gasteiger partial charge in [0, 0.05) is 18.9 Å². The van der Waals surface area contributed by atoms with E-state index >= 15 is 0 Å². The molecule has 1 amide bonds. The van der Waals surface area contributed by atoms with Crippen LogP contribution in [0.1, 0.15) is 28.3 Å². The monoisotopic (exact) mass is 341 g/mol. The zero-order valence-corrected chi connectivity index (χ0v) is 14.0. The largest absolute Gasteiger partial charge is 0.496 e. The van der Waals surface area contributed by atoms with E-state index in [0.29, 0.717) is 30.0 Å². The predicted molar refractivity (Wildman–Crippen MR) is 92.3 cm³/mol. The first kappa shape index (κ1) is 16.8. The Morgan fingerprint density at radius 3 is 2.16 bits per heavy atom. The molecule has 1 fully saturated rings.